The third kappa shape index (κ3) is 4.36. The Morgan fingerprint density at radius 2 is 1.66 bits per heavy atom. The molecule has 6 heteroatoms. The summed E-state index contributed by atoms with van der Waals surface area (Å²) in [6.07, 6.45) is 0. The second kappa shape index (κ2) is 8.72. The van der Waals surface area contributed by atoms with Crippen LogP contribution in [-0.2, 0) is 12.3 Å². The molecule has 0 N–H and O–H groups in total. The van der Waals surface area contributed by atoms with Gasteiger partial charge < -0.3 is 0 Å². The van der Waals surface area contributed by atoms with Gasteiger partial charge in [0.15, 0.2) is 11.0 Å². The van der Waals surface area contributed by atoms with Gasteiger partial charge in [0.05, 0.1) is 23.7 Å². The van der Waals surface area contributed by atoms with Crippen molar-refractivity contribution in [3.05, 3.63) is 101 Å². The summed E-state index contributed by atoms with van der Waals surface area (Å²) in [6.45, 7) is 0.540. The molecule has 0 saturated carbocycles. The fourth-order valence-corrected chi connectivity index (χ4v) is 3.91. The van der Waals surface area contributed by atoms with E-state index in [2.05, 4.69) is 16.3 Å². The summed E-state index contributed by atoms with van der Waals surface area (Å²) in [7, 11) is 0. The molecule has 4 aromatic rings. The summed E-state index contributed by atoms with van der Waals surface area (Å²) in [6, 6.07) is 26.2. The van der Waals surface area contributed by atoms with E-state index in [-0.39, 0.29) is 5.82 Å². The van der Waals surface area contributed by atoms with Gasteiger partial charge in [-0.3, -0.25) is 4.57 Å². The number of aromatic nitrogens is 3. The Kier molecular flexibility index (Phi) is 5.68. The molecule has 0 spiro atoms. The summed E-state index contributed by atoms with van der Waals surface area (Å²) < 4.78 is 16.4. The lowest BCUT2D eigenvalue weighted by Crippen LogP contribution is -2.05. The maximum absolute atomic E-state index is 14.4. The van der Waals surface area contributed by atoms with Crippen molar-refractivity contribution < 1.29 is 4.39 Å². The van der Waals surface area contributed by atoms with Gasteiger partial charge in [-0.25, -0.2) is 4.39 Å². The molecule has 0 aliphatic rings. The van der Waals surface area contributed by atoms with Crippen molar-refractivity contribution in [3.8, 4) is 17.5 Å². The molecule has 0 bridgehead atoms. The Labute approximate surface area is 172 Å². The molecule has 0 saturated heterocycles. The Hall–Kier alpha value is -3.43. The van der Waals surface area contributed by atoms with Crippen LogP contribution in [0.5, 0.6) is 0 Å². The number of rotatable bonds is 6. The van der Waals surface area contributed by atoms with E-state index in [1.807, 2.05) is 53.1 Å². The molecule has 0 amide bonds. The minimum atomic E-state index is -0.326. The van der Waals surface area contributed by atoms with Gasteiger partial charge in [0, 0.05) is 5.75 Å². The molecule has 0 aliphatic heterocycles. The lowest BCUT2D eigenvalue weighted by atomic mass is 10.2. The molecule has 0 aliphatic carbocycles. The van der Waals surface area contributed by atoms with Gasteiger partial charge in [-0.1, -0.05) is 66.4 Å². The fraction of sp³-hybridized carbons (Fsp3) is 0.0870. The van der Waals surface area contributed by atoms with Crippen molar-refractivity contribution in [2.45, 2.75) is 17.5 Å². The summed E-state index contributed by atoms with van der Waals surface area (Å²) in [5.41, 5.74) is 3.16. The molecule has 3 aromatic carbocycles. The Bertz CT molecular complexity index is 1160. The molecule has 0 fully saturated rings. The largest absolute Gasteiger partial charge is 0.297 e. The van der Waals surface area contributed by atoms with Gasteiger partial charge in [-0.05, 0) is 35.4 Å². The van der Waals surface area contributed by atoms with Crippen LogP contribution in [0.2, 0.25) is 0 Å². The van der Waals surface area contributed by atoms with Gasteiger partial charge in [0.2, 0.25) is 0 Å². The summed E-state index contributed by atoms with van der Waals surface area (Å²) in [4.78, 5) is 0. The second-order valence-corrected chi connectivity index (χ2v) is 7.40. The van der Waals surface area contributed by atoms with Gasteiger partial charge in [0.25, 0.3) is 0 Å². The first-order valence-electron chi connectivity index (χ1n) is 9.08. The SMILES string of the molecule is N#Cc1cccc(CSc2nnc(-c3ccccc3F)n2Cc2ccccc2)c1. The maximum Gasteiger partial charge on any atom is 0.192 e. The number of nitriles is 1. The van der Waals surface area contributed by atoms with E-state index >= 15 is 0 Å². The molecule has 4 nitrogen and oxygen atoms in total. The van der Waals surface area contributed by atoms with Crippen LogP contribution in [0.1, 0.15) is 16.7 Å². The molecule has 142 valence electrons. The molecule has 29 heavy (non-hydrogen) atoms. The number of hydrogen-bond donors (Lipinski definition) is 0. The highest BCUT2D eigenvalue weighted by atomic mass is 32.2. The first-order valence-corrected chi connectivity index (χ1v) is 10.1. The zero-order chi connectivity index (χ0) is 20.1. The lowest BCUT2D eigenvalue weighted by molar-refractivity contribution is 0.626. The van der Waals surface area contributed by atoms with Crippen molar-refractivity contribution in [1.82, 2.24) is 14.8 Å². The van der Waals surface area contributed by atoms with Crippen LogP contribution in [0.4, 0.5) is 4.39 Å². The van der Waals surface area contributed by atoms with Crippen molar-refractivity contribution >= 4 is 11.8 Å². The second-order valence-electron chi connectivity index (χ2n) is 6.46. The van der Waals surface area contributed by atoms with Crippen molar-refractivity contribution in [1.29, 1.82) is 5.26 Å². The van der Waals surface area contributed by atoms with E-state index in [4.69, 9.17) is 5.26 Å². The highest BCUT2D eigenvalue weighted by Crippen LogP contribution is 2.28. The smallest absolute Gasteiger partial charge is 0.192 e. The fourth-order valence-electron chi connectivity index (χ4n) is 3.02. The number of thioether (sulfide) groups is 1. The van der Waals surface area contributed by atoms with Gasteiger partial charge in [-0.2, -0.15) is 5.26 Å². The van der Waals surface area contributed by atoms with Gasteiger partial charge in [-0.15, -0.1) is 10.2 Å². The van der Waals surface area contributed by atoms with Crippen LogP contribution in [0, 0.1) is 17.1 Å². The molecule has 0 unspecified atom stereocenters. The highest BCUT2D eigenvalue weighted by Gasteiger charge is 2.17. The van der Waals surface area contributed by atoms with Crippen LogP contribution in [-0.4, -0.2) is 14.8 Å². The minimum absolute atomic E-state index is 0.326. The van der Waals surface area contributed by atoms with E-state index < -0.39 is 0 Å². The molecule has 0 radical (unpaired) electrons. The molecule has 1 heterocycles. The summed E-state index contributed by atoms with van der Waals surface area (Å²) in [5, 5.41) is 18.4. The zero-order valence-electron chi connectivity index (χ0n) is 15.5. The van der Waals surface area contributed by atoms with E-state index in [0.717, 1.165) is 11.1 Å². The van der Waals surface area contributed by atoms with Crippen LogP contribution in [0.15, 0.2) is 84.0 Å². The topological polar surface area (TPSA) is 54.5 Å². The van der Waals surface area contributed by atoms with Crippen molar-refractivity contribution in [2.24, 2.45) is 0 Å². The quantitative estimate of drug-likeness (QED) is 0.412. The monoisotopic (exact) mass is 400 g/mol. The third-order valence-electron chi connectivity index (χ3n) is 4.44. The molecule has 4 rings (SSSR count). The Balaban J connectivity index is 1.68. The molecular formula is C23H17FN4S. The average molecular weight is 400 g/mol. The minimum Gasteiger partial charge on any atom is -0.297 e. The first kappa shape index (κ1) is 18.9. The molecule has 1 aromatic heterocycles. The van der Waals surface area contributed by atoms with E-state index in [9.17, 15) is 4.39 Å². The number of hydrogen-bond acceptors (Lipinski definition) is 4. The van der Waals surface area contributed by atoms with Gasteiger partial charge in [0.1, 0.15) is 5.82 Å². The summed E-state index contributed by atoms with van der Waals surface area (Å²) >= 11 is 1.52. The third-order valence-corrected chi connectivity index (χ3v) is 5.48. The van der Waals surface area contributed by atoms with E-state index in [1.54, 1.807) is 24.3 Å². The highest BCUT2D eigenvalue weighted by molar-refractivity contribution is 7.98. The number of benzene rings is 3. The molecular weight excluding hydrogens is 383 g/mol. The van der Waals surface area contributed by atoms with Crippen LogP contribution >= 0.6 is 11.8 Å². The van der Waals surface area contributed by atoms with Crippen molar-refractivity contribution in [3.63, 3.8) is 0 Å². The van der Waals surface area contributed by atoms with E-state index in [1.165, 1.54) is 17.8 Å². The Morgan fingerprint density at radius 3 is 2.45 bits per heavy atom. The summed E-state index contributed by atoms with van der Waals surface area (Å²) in [5.74, 6) is 0.812. The average Bonchev–Trinajstić information content (AvgIpc) is 3.15. The normalized spacial score (nSPS) is 10.6. The van der Waals surface area contributed by atoms with Gasteiger partial charge >= 0.3 is 0 Å². The standard InChI is InChI=1S/C23H17FN4S/c24-21-12-5-4-11-20(21)22-26-27-23(28(22)15-17-7-2-1-3-8-17)29-16-19-10-6-9-18(13-19)14-25/h1-13H,15-16H2. The first-order chi connectivity index (χ1) is 14.2. The number of nitrogens with zero attached hydrogens (tertiary/aromatic N) is 4. The van der Waals surface area contributed by atoms with Crippen LogP contribution in [0.25, 0.3) is 11.4 Å². The maximum atomic E-state index is 14.4. The predicted molar refractivity (Wildman–Crippen MR) is 112 cm³/mol. The van der Waals surface area contributed by atoms with E-state index in [0.29, 0.717) is 34.4 Å². The Morgan fingerprint density at radius 1 is 0.897 bits per heavy atom. The zero-order valence-corrected chi connectivity index (χ0v) is 16.3. The predicted octanol–water partition coefficient (Wildman–Crippen LogP) is 5.30. The van der Waals surface area contributed by atoms with Crippen molar-refractivity contribution in [2.75, 3.05) is 0 Å². The van der Waals surface area contributed by atoms with Crippen LogP contribution in [0.3, 0.4) is 0 Å². The molecule has 0 atom stereocenters. The lowest BCUT2D eigenvalue weighted by Gasteiger charge is -2.11. The van der Waals surface area contributed by atoms with Crippen LogP contribution < -0.4 is 0 Å². The number of halogens is 1.